The molecule has 2 heterocycles. The van der Waals surface area contributed by atoms with Crippen LogP contribution in [0, 0.1) is 0 Å². The Balaban J connectivity index is 1.43. The number of fused-ring (bicyclic) bond motifs is 1. The van der Waals surface area contributed by atoms with Crippen molar-refractivity contribution in [2.24, 2.45) is 0 Å². The van der Waals surface area contributed by atoms with Crippen LogP contribution in [0.3, 0.4) is 0 Å². The highest BCUT2D eigenvalue weighted by Gasteiger charge is 2.18. The van der Waals surface area contributed by atoms with Crippen LogP contribution >= 0.6 is 0 Å². The van der Waals surface area contributed by atoms with Gasteiger partial charge in [-0.05, 0) is 47.4 Å². The number of benzene rings is 2. The van der Waals surface area contributed by atoms with Gasteiger partial charge in [-0.3, -0.25) is 14.9 Å². The Morgan fingerprint density at radius 3 is 2.73 bits per heavy atom. The summed E-state index contributed by atoms with van der Waals surface area (Å²) in [6.45, 7) is 2.65. The highest BCUT2D eigenvalue weighted by molar-refractivity contribution is 5.93. The molecular formula is C19H19N5O2. The summed E-state index contributed by atoms with van der Waals surface area (Å²) < 4.78 is 1.74. The van der Waals surface area contributed by atoms with E-state index in [1.165, 1.54) is 23.0 Å². The number of nitrogens with zero attached hydrogens (tertiary/aromatic N) is 4. The van der Waals surface area contributed by atoms with Gasteiger partial charge < -0.3 is 0 Å². The van der Waals surface area contributed by atoms with Gasteiger partial charge in [0, 0.05) is 25.2 Å². The Labute approximate surface area is 150 Å². The summed E-state index contributed by atoms with van der Waals surface area (Å²) in [7, 11) is 0. The molecule has 0 fully saturated rings. The average Bonchev–Trinajstić information content (AvgIpc) is 3.22. The van der Waals surface area contributed by atoms with E-state index in [-0.39, 0.29) is 0 Å². The summed E-state index contributed by atoms with van der Waals surface area (Å²) in [6.07, 6.45) is 4.09. The standard InChI is InChI=1S/C19H19N5O2/c25-19(22-26)16-3-4-17-11-23(8-7-15(17)9-16)10-14-1-5-18(6-2-14)24-13-20-12-21-24/h1-6,9,12-13,26H,7-8,10-11H2,(H,22,25). The van der Waals surface area contributed by atoms with E-state index in [0.717, 1.165) is 31.7 Å². The van der Waals surface area contributed by atoms with Gasteiger partial charge in [-0.25, -0.2) is 15.1 Å². The maximum absolute atomic E-state index is 11.5. The Kier molecular flexibility index (Phi) is 4.47. The smallest absolute Gasteiger partial charge is 0.274 e. The van der Waals surface area contributed by atoms with Crippen molar-refractivity contribution in [1.82, 2.24) is 25.1 Å². The molecule has 1 aliphatic heterocycles. The number of hydrogen-bond acceptors (Lipinski definition) is 5. The van der Waals surface area contributed by atoms with Gasteiger partial charge in [0.25, 0.3) is 5.91 Å². The van der Waals surface area contributed by atoms with Crippen molar-refractivity contribution >= 4 is 5.91 Å². The topological polar surface area (TPSA) is 83.3 Å². The zero-order valence-corrected chi connectivity index (χ0v) is 14.2. The number of carbonyl (C=O) groups is 1. The van der Waals surface area contributed by atoms with E-state index in [9.17, 15) is 4.79 Å². The van der Waals surface area contributed by atoms with Gasteiger partial charge in [0.1, 0.15) is 12.7 Å². The molecule has 4 rings (SSSR count). The molecule has 0 spiro atoms. The SMILES string of the molecule is O=C(NO)c1ccc2c(c1)CCN(Cc1ccc(-n3cncn3)cc1)C2. The molecule has 0 bridgehead atoms. The van der Waals surface area contributed by atoms with Gasteiger partial charge in [0.05, 0.1) is 5.69 Å². The quantitative estimate of drug-likeness (QED) is 0.556. The average molecular weight is 349 g/mol. The van der Waals surface area contributed by atoms with Crippen molar-refractivity contribution in [3.63, 3.8) is 0 Å². The highest BCUT2D eigenvalue weighted by atomic mass is 16.5. The van der Waals surface area contributed by atoms with Gasteiger partial charge in [0.15, 0.2) is 0 Å². The lowest BCUT2D eigenvalue weighted by molar-refractivity contribution is 0.0706. The predicted octanol–water partition coefficient (Wildman–Crippen LogP) is 1.94. The lowest BCUT2D eigenvalue weighted by Gasteiger charge is -2.29. The predicted molar refractivity (Wildman–Crippen MR) is 94.9 cm³/mol. The van der Waals surface area contributed by atoms with Gasteiger partial charge in [0.2, 0.25) is 0 Å². The summed E-state index contributed by atoms with van der Waals surface area (Å²) in [5.41, 5.74) is 6.81. The zero-order chi connectivity index (χ0) is 17.9. The fourth-order valence-electron chi connectivity index (χ4n) is 3.31. The number of hydrogen-bond donors (Lipinski definition) is 2. The van der Waals surface area contributed by atoms with Crippen LogP contribution in [0.1, 0.15) is 27.0 Å². The molecule has 1 amide bonds. The van der Waals surface area contributed by atoms with Crippen molar-refractivity contribution in [2.75, 3.05) is 6.54 Å². The number of carbonyl (C=O) groups excluding carboxylic acids is 1. The Morgan fingerprint density at radius 2 is 2.00 bits per heavy atom. The third-order valence-electron chi connectivity index (χ3n) is 4.69. The number of rotatable bonds is 4. The summed E-state index contributed by atoms with van der Waals surface area (Å²) in [6, 6.07) is 13.9. The Morgan fingerprint density at radius 1 is 1.15 bits per heavy atom. The van der Waals surface area contributed by atoms with Gasteiger partial charge in [-0.2, -0.15) is 5.10 Å². The lowest BCUT2D eigenvalue weighted by Crippen LogP contribution is -2.30. The van der Waals surface area contributed by atoms with Gasteiger partial charge >= 0.3 is 0 Å². The molecule has 0 atom stereocenters. The fraction of sp³-hybridized carbons (Fsp3) is 0.211. The first-order valence-electron chi connectivity index (χ1n) is 8.45. The minimum atomic E-state index is -0.470. The van der Waals surface area contributed by atoms with E-state index in [2.05, 4.69) is 27.1 Å². The van der Waals surface area contributed by atoms with Crippen molar-refractivity contribution in [3.8, 4) is 5.69 Å². The van der Waals surface area contributed by atoms with Crippen molar-refractivity contribution in [2.45, 2.75) is 19.5 Å². The maximum atomic E-state index is 11.5. The van der Waals surface area contributed by atoms with Crippen LogP contribution in [0.15, 0.2) is 55.1 Å². The Hall–Kier alpha value is -3.03. The largest absolute Gasteiger partial charge is 0.294 e. The third-order valence-corrected chi connectivity index (χ3v) is 4.69. The molecule has 7 heteroatoms. The minimum absolute atomic E-state index is 0.470. The van der Waals surface area contributed by atoms with Crippen molar-refractivity contribution in [3.05, 3.63) is 77.4 Å². The van der Waals surface area contributed by atoms with Crippen LogP contribution in [-0.4, -0.2) is 37.3 Å². The fourth-order valence-corrected chi connectivity index (χ4v) is 3.31. The molecule has 7 nitrogen and oxygen atoms in total. The van der Waals surface area contributed by atoms with Crippen LogP contribution in [0.25, 0.3) is 5.69 Å². The second-order valence-electron chi connectivity index (χ2n) is 6.39. The molecule has 1 aromatic heterocycles. The van der Waals surface area contributed by atoms with E-state index in [1.54, 1.807) is 22.6 Å². The molecule has 0 aliphatic carbocycles. The van der Waals surface area contributed by atoms with Crippen molar-refractivity contribution in [1.29, 1.82) is 0 Å². The number of aromatic nitrogens is 3. The summed E-state index contributed by atoms with van der Waals surface area (Å²) in [5, 5.41) is 12.9. The van der Waals surface area contributed by atoms with E-state index in [1.807, 2.05) is 24.3 Å². The van der Waals surface area contributed by atoms with Crippen LogP contribution in [0.2, 0.25) is 0 Å². The lowest BCUT2D eigenvalue weighted by atomic mass is 9.96. The number of hydroxylamine groups is 1. The number of amides is 1. The van der Waals surface area contributed by atoms with E-state index in [4.69, 9.17) is 5.21 Å². The summed E-state index contributed by atoms with van der Waals surface area (Å²) >= 11 is 0. The highest BCUT2D eigenvalue weighted by Crippen LogP contribution is 2.22. The molecule has 0 saturated carbocycles. The molecule has 2 aromatic carbocycles. The number of nitrogens with one attached hydrogen (secondary N) is 1. The first-order valence-corrected chi connectivity index (χ1v) is 8.45. The molecule has 3 aromatic rings. The van der Waals surface area contributed by atoms with Crippen LogP contribution in [0.5, 0.6) is 0 Å². The zero-order valence-electron chi connectivity index (χ0n) is 14.2. The van der Waals surface area contributed by atoms with Crippen molar-refractivity contribution < 1.29 is 10.0 Å². The molecule has 0 unspecified atom stereocenters. The monoisotopic (exact) mass is 349 g/mol. The Bertz CT molecular complexity index is 906. The molecule has 1 aliphatic rings. The van der Waals surface area contributed by atoms with Crippen LogP contribution in [-0.2, 0) is 19.5 Å². The molecule has 2 N–H and O–H groups in total. The third kappa shape index (κ3) is 3.35. The first-order chi connectivity index (χ1) is 12.7. The summed E-state index contributed by atoms with van der Waals surface area (Å²) in [4.78, 5) is 17.9. The summed E-state index contributed by atoms with van der Waals surface area (Å²) in [5.74, 6) is -0.470. The van der Waals surface area contributed by atoms with Crippen LogP contribution in [0.4, 0.5) is 0 Å². The molecule has 132 valence electrons. The second kappa shape index (κ2) is 7.07. The van der Waals surface area contributed by atoms with Gasteiger partial charge in [-0.15, -0.1) is 0 Å². The van der Waals surface area contributed by atoms with E-state index >= 15 is 0 Å². The molecule has 26 heavy (non-hydrogen) atoms. The minimum Gasteiger partial charge on any atom is -0.294 e. The second-order valence-corrected chi connectivity index (χ2v) is 6.39. The van der Waals surface area contributed by atoms with Crippen LogP contribution < -0.4 is 5.48 Å². The van der Waals surface area contributed by atoms with Gasteiger partial charge in [-0.1, -0.05) is 18.2 Å². The first kappa shape index (κ1) is 16.4. The normalized spacial score (nSPS) is 14.0. The maximum Gasteiger partial charge on any atom is 0.274 e. The molecular weight excluding hydrogens is 330 g/mol. The molecule has 0 radical (unpaired) electrons. The van der Waals surface area contributed by atoms with E-state index < -0.39 is 5.91 Å². The molecule has 0 saturated heterocycles. The van der Waals surface area contributed by atoms with E-state index in [0.29, 0.717) is 5.56 Å².